The number of likely N-dealkylation sites (tertiary alicyclic amines) is 1. The summed E-state index contributed by atoms with van der Waals surface area (Å²) in [5, 5.41) is 8.52. The van der Waals surface area contributed by atoms with Gasteiger partial charge in [0.1, 0.15) is 18.8 Å². The Kier molecular flexibility index (Phi) is 4.34. The fourth-order valence-electron chi connectivity index (χ4n) is 1.63. The van der Waals surface area contributed by atoms with E-state index >= 15 is 0 Å². The van der Waals surface area contributed by atoms with Crippen molar-refractivity contribution in [3.8, 4) is 0 Å². The largest absolute Gasteiger partial charge is 0.480 e. The zero-order chi connectivity index (χ0) is 14.0. The fraction of sp³-hybridized carbons (Fsp3) is 0.833. The zero-order valence-electron chi connectivity index (χ0n) is 11.4. The molecule has 0 unspecified atom stereocenters. The Bertz CT molecular complexity index is 328. The van der Waals surface area contributed by atoms with Crippen molar-refractivity contribution in [2.45, 2.75) is 38.9 Å². The first-order valence-electron chi connectivity index (χ1n) is 5.89. The molecule has 0 aromatic rings. The van der Waals surface area contributed by atoms with Gasteiger partial charge in [0, 0.05) is 0 Å². The van der Waals surface area contributed by atoms with E-state index in [0.717, 1.165) is 0 Å². The van der Waals surface area contributed by atoms with Gasteiger partial charge in [-0.3, -0.25) is 4.79 Å². The van der Waals surface area contributed by atoms with Crippen LogP contribution >= 0.6 is 0 Å². The van der Waals surface area contributed by atoms with Crippen LogP contribution in [-0.2, 0) is 19.1 Å². The molecule has 1 amide bonds. The topological polar surface area (TPSA) is 76.1 Å². The van der Waals surface area contributed by atoms with Crippen molar-refractivity contribution < 1.29 is 24.2 Å². The van der Waals surface area contributed by atoms with Crippen molar-refractivity contribution in [1.82, 2.24) is 4.90 Å². The van der Waals surface area contributed by atoms with Gasteiger partial charge < -0.3 is 19.5 Å². The van der Waals surface area contributed by atoms with Crippen LogP contribution in [0.3, 0.4) is 0 Å². The summed E-state index contributed by atoms with van der Waals surface area (Å²) < 4.78 is 10.6. The second-order valence-electron chi connectivity index (χ2n) is 5.78. The van der Waals surface area contributed by atoms with E-state index in [0.29, 0.717) is 13.1 Å². The van der Waals surface area contributed by atoms with E-state index in [4.69, 9.17) is 14.6 Å². The molecule has 1 heterocycles. The second-order valence-corrected chi connectivity index (χ2v) is 5.78. The summed E-state index contributed by atoms with van der Waals surface area (Å²) in [5.74, 6) is -1.10. The summed E-state index contributed by atoms with van der Waals surface area (Å²) in [6.45, 7) is 7.97. The number of nitrogens with zero attached hydrogens (tertiary/aromatic N) is 1. The van der Waals surface area contributed by atoms with Gasteiger partial charge in [0.2, 0.25) is 5.91 Å². The third-order valence-electron chi connectivity index (χ3n) is 2.58. The van der Waals surface area contributed by atoms with Gasteiger partial charge >= 0.3 is 5.97 Å². The maximum Gasteiger partial charge on any atom is 0.329 e. The highest BCUT2D eigenvalue weighted by molar-refractivity contribution is 5.78. The third kappa shape index (κ3) is 4.62. The Morgan fingerprint density at radius 3 is 2.28 bits per heavy atom. The fourth-order valence-corrected chi connectivity index (χ4v) is 1.63. The van der Waals surface area contributed by atoms with Crippen LogP contribution in [0.1, 0.15) is 27.7 Å². The first-order valence-corrected chi connectivity index (χ1v) is 5.89. The molecule has 6 heteroatoms. The minimum atomic E-state index is -1.00. The highest BCUT2D eigenvalue weighted by atomic mass is 16.5. The van der Waals surface area contributed by atoms with Crippen molar-refractivity contribution >= 4 is 11.9 Å². The van der Waals surface area contributed by atoms with Crippen LogP contribution in [-0.4, -0.2) is 59.4 Å². The minimum absolute atomic E-state index is 0.0402. The average Bonchev–Trinajstić information content (AvgIpc) is 2.18. The van der Waals surface area contributed by atoms with Crippen LogP contribution in [0.25, 0.3) is 0 Å². The van der Waals surface area contributed by atoms with Gasteiger partial charge in [-0.05, 0) is 27.7 Å². The molecular formula is C12H21NO5. The maximum atomic E-state index is 11.7. The standard InChI is InChI=1S/C12H21NO5/c1-11(2,3)17-5-9(14)13-7-12(4,8-13)18-6-10(15)16/h5-8H2,1-4H3,(H,15,16). The summed E-state index contributed by atoms with van der Waals surface area (Å²) in [4.78, 5) is 23.7. The molecule has 1 saturated heterocycles. The number of carbonyl (C=O) groups excluding carboxylic acids is 1. The number of hydrogen-bond donors (Lipinski definition) is 1. The molecule has 0 aromatic heterocycles. The van der Waals surface area contributed by atoms with Gasteiger partial charge in [0.05, 0.1) is 18.7 Å². The Labute approximate surface area is 107 Å². The highest BCUT2D eigenvalue weighted by Crippen LogP contribution is 2.24. The molecule has 1 aliphatic heterocycles. The van der Waals surface area contributed by atoms with E-state index in [1.54, 1.807) is 11.8 Å². The van der Waals surface area contributed by atoms with E-state index < -0.39 is 11.6 Å². The smallest absolute Gasteiger partial charge is 0.329 e. The van der Waals surface area contributed by atoms with Crippen molar-refractivity contribution in [2.75, 3.05) is 26.3 Å². The van der Waals surface area contributed by atoms with Crippen LogP contribution in [0.5, 0.6) is 0 Å². The molecule has 1 fully saturated rings. The molecular weight excluding hydrogens is 238 g/mol. The van der Waals surface area contributed by atoms with Gasteiger partial charge in [0.25, 0.3) is 0 Å². The lowest BCUT2D eigenvalue weighted by Crippen LogP contribution is -2.64. The molecule has 1 rings (SSSR count). The number of carboxylic acid groups (broad SMARTS) is 1. The van der Waals surface area contributed by atoms with E-state index in [9.17, 15) is 9.59 Å². The highest BCUT2D eigenvalue weighted by Gasteiger charge is 2.42. The number of carboxylic acids is 1. The Hall–Kier alpha value is -1.14. The van der Waals surface area contributed by atoms with E-state index in [1.807, 2.05) is 20.8 Å². The lowest BCUT2D eigenvalue weighted by atomic mass is 9.96. The number of hydrogen-bond acceptors (Lipinski definition) is 4. The van der Waals surface area contributed by atoms with Crippen LogP contribution < -0.4 is 0 Å². The monoisotopic (exact) mass is 259 g/mol. The maximum absolute atomic E-state index is 11.7. The van der Waals surface area contributed by atoms with Gasteiger partial charge in [-0.1, -0.05) is 0 Å². The molecule has 1 aliphatic rings. The van der Waals surface area contributed by atoms with Crippen molar-refractivity contribution in [1.29, 1.82) is 0 Å². The molecule has 0 atom stereocenters. The SMILES string of the molecule is CC(C)(C)OCC(=O)N1CC(C)(OCC(=O)O)C1. The van der Waals surface area contributed by atoms with Crippen molar-refractivity contribution in [2.24, 2.45) is 0 Å². The number of rotatable bonds is 5. The number of aliphatic carboxylic acids is 1. The first kappa shape index (κ1) is 14.9. The third-order valence-corrected chi connectivity index (χ3v) is 2.58. The van der Waals surface area contributed by atoms with Gasteiger partial charge in [-0.15, -0.1) is 0 Å². The Morgan fingerprint density at radius 1 is 1.28 bits per heavy atom. The molecule has 0 spiro atoms. The molecule has 18 heavy (non-hydrogen) atoms. The first-order chi connectivity index (χ1) is 8.11. The van der Waals surface area contributed by atoms with Gasteiger partial charge in [0.15, 0.2) is 0 Å². The predicted octanol–water partition coefficient (Wildman–Crippen LogP) is 0.504. The average molecular weight is 259 g/mol. The summed E-state index contributed by atoms with van der Waals surface area (Å²) in [7, 11) is 0. The zero-order valence-corrected chi connectivity index (χ0v) is 11.4. The molecule has 0 bridgehead atoms. The summed E-state index contributed by atoms with van der Waals surface area (Å²) in [6, 6.07) is 0. The summed E-state index contributed by atoms with van der Waals surface area (Å²) >= 11 is 0. The minimum Gasteiger partial charge on any atom is -0.480 e. The summed E-state index contributed by atoms with van der Waals surface area (Å²) in [6.07, 6.45) is 0. The number of amides is 1. The second kappa shape index (κ2) is 5.24. The van der Waals surface area contributed by atoms with Gasteiger partial charge in [-0.2, -0.15) is 0 Å². The molecule has 0 aliphatic carbocycles. The van der Waals surface area contributed by atoms with E-state index in [1.165, 1.54) is 0 Å². The Morgan fingerprint density at radius 2 is 1.83 bits per heavy atom. The normalized spacial score (nSPS) is 18.3. The lowest BCUT2D eigenvalue weighted by molar-refractivity contribution is -0.177. The molecule has 0 saturated carbocycles. The van der Waals surface area contributed by atoms with Crippen LogP contribution in [0.4, 0.5) is 0 Å². The van der Waals surface area contributed by atoms with Crippen molar-refractivity contribution in [3.05, 3.63) is 0 Å². The lowest BCUT2D eigenvalue weighted by Gasteiger charge is -2.47. The molecule has 1 N–H and O–H groups in total. The molecule has 0 radical (unpaired) electrons. The Balaban J connectivity index is 2.28. The van der Waals surface area contributed by atoms with E-state index in [2.05, 4.69) is 0 Å². The van der Waals surface area contributed by atoms with E-state index in [-0.39, 0.29) is 24.7 Å². The molecule has 6 nitrogen and oxygen atoms in total. The van der Waals surface area contributed by atoms with Gasteiger partial charge in [-0.25, -0.2) is 4.79 Å². The van der Waals surface area contributed by atoms with Crippen LogP contribution in [0.2, 0.25) is 0 Å². The molecule has 0 aromatic carbocycles. The van der Waals surface area contributed by atoms with Crippen LogP contribution in [0.15, 0.2) is 0 Å². The number of carbonyl (C=O) groups is 2. The molecule has 104 valence electrons. The van der Waals surface area contributed by atoms with Crippen molar-refractivity contribution in [3.63, 3.8) is 0 Å². The quantitative estimate of drug-likeness (QED) is 0.778. The summed E-state index contributed by atoms with van der Waals surface area (Å²) in [5.41, 5.74) is -0.889. The number of ether oxygens (including phenoxy) is 2. The van der Waals surface area contributed by atoms with Crippen LogP contribution in [0, 0.1) is 0 Å². The predicted molar refractivity (Wildman–Crippen MR) is 64.3 cm³/mol.